The Kier molecular flexibility index (Phi) is 6.58. The van der Waals surface area contributed by atoms with Gasteiger partial charge in [0.1, 0.15) is 6.54 Å². The van der Waals surface area contributed by atoms with Crippen molar-refractivity contribution in [2.75, 3.05) is 25.5 Å². The number of rotatable bonds is 4. The number of fused-ring (bicyclic) bond motifs is 1. The molecule has 0 radical (unpaired) electrons. The number of likely N-dealkylation sites (tertiary alicyclic amines) is 1. The maximum Gasteiger partial charge on any atom is 0.251 e. The third-order valence-corrected chi connectivity index (χ3v) is 5.99. The number of quaternary nitrogens is 1. The second-order valence-corrected chi connectivity index (χ2v) is 8.30. The first kappa shape index (κ1) is 20.6. The third kappa shape index (κ3) is 4.84. The smallest absolute Gasteiger partial charge is 0.251 e. The summed E-state index contributed by atoms with van der Waals surface area (Å²) in [6.07, 6.45) is 7.62. The molecular formula is C24H29ClN2O. The maximum atomic E-state index is 12.8. The lowest BCUT2D eigenvalue weighted by atomic mass is 10.1. The summed E-state index contributed by atoms with van der Waals surface area (Å²) < 4.78 is 1.14. The maximum absolute atomic E-state index is 12.8. The molecule has 0 aromatic heterocycles. The molecule has 1 aliphatic carbocycles. The van der Waals surface area contributed by atoms with Crippen LogP contribution in [-0.4, -0.2) is 30.5 Å². The molecule has 4 heteroatoms. The van der Waals surface area contributed by atoms with Gasteiger partial charge in [-0.05, 0) is 48.6 Å². The number of carbonyl (C=O) groups is 1. The summed E-state index contributed by atoms with van der Waals surface area (Å²) in [6, 6.07) is 16.8. The fourth-order valence-electron chi connectivity index (χ4n) is 4.41. The lowest BCUT2D eigenvalue weighted by Crippen LogP contribution is -3.00. The zero-order valence-corrected chi connectivity index (χ0v) is 17.3. The van der Waals surface area contributed by atoms with Crippen LogP contribution in [0.3, 0.4) is 0 Å². The van der Waals surface area contributed by atoms with Crippen molar-refractivity contribution in [1.82, 2.24) is 0 Å². The minimum atomic E-state index is 0. The van der Waals surface area contributed by atoms with Crippen LogP contribution in [0.5, 0.6) is 0 Å². The lowest BCUT2D eigenvalue weighted by molar-refractivity contribution is -0.910. The Hall–Kier alpha value is -2.10. The highest BCUT2D eigenvalue weighted by Crippen LogP contribution is 2.25. The van der Waals surface area contributed by atoms with Crippen LogP contribution in [0.25, 0.3) is 6.08 Å². The molecule has 0 bridgehead atoms. The first-order chi connectivity index (χ1) is 13.1. The zero-order chi connectivity index (χ0) is 18.7. The van der Waals surface area contributed by atoms with Crippen molar-refractivity contribution in [2.45, 2.75) is 38.6 Å². The molecule has 0 spiro atoms. The molecule has 0 unspecified atom stereocenters. The number of nitrogens with zero attached hydrogens (tertiary/aromatic N) is 1. The zero-order valence-electron chi connectivity index (χ0n) is 16.6. The number of benzene rings is 2. The van der Waals surface area contributed by atoms with Gasteiger partial charge in [0.2, 0.25) is 0 Å². The molecule has 2 aliphatic rings. The van der Waals surface area contributed by atoms with E-state index in [1.807, 2.05) is 18.2 Å². The van der Waals surface area contributed by atoms with Crippen LogP contribution in [0.1, 0.15) is 42.4 Å². The van der Waals surface area contributed by atoms with Crippen molar-refractivity contribution >= 4 is 17.7 Å². The highest BCUT2D eigenvalue weighted by Gasteiger charge is 2.26. The molecular weight excluding hydrogens is 368 g/mol. The second-order valence-electron chi connectivity index (χ2n) is 8.30. The highest BCUT2D eigenvalue weighted by molar-refractivity contribution is 6.06. The summed E-state index contributed by atoms with van der Waals surface area (Å²) in [5.41, 5.74) is 5.62. The fourth-order valence-corrected chi connectivity index (χ4v) is 4.41. The van der Waals surface area contributed by atoms with Gasteiger partial charge in [-0.1, -0.05) is 36.4 Å². The molecule has 1 heterocycles. The SMILES string of the molecule is C[N+]1(Cc2ccc(NC(=O)C3=Cc4ccccc4CCC3)cc2)CCCC1.[Cl-]. The molecule has 1 amide bonds. The topological polar surface area (TPSA) is 29.1 Å². The van der Waals surface area contributed by atoms with Crippen LogP contribution in [-0.2, 0) is 17.8 Å². The molecule has 148 valence electrons. The average molecular weight is 397 g/mol. The van der Waals surface area contributed by atoms with Gasteiger partial charge in [-0.2, -0.15) is 0 Å². The summed E-state index contributed by atoms with van der Waals surface area (Å²) >= 11 is 0. The summed E-state index contributed by atoms with van der Waals surface area (Å²) in [5, 5.41) is 3.09. The molecule has 1 fully saturated rings. The molecule has 28 heavy (non-hydrogen) atoms. The summed E-state index contributed by atoms with van der Waals surface area (Å²) in [5.74, 6) is 0.0259. The molecule has 1 N–H and O–H groups in total. The number of anilines is 1. The number of hydrogen-bond acceptors (Lipinski definition) is 1. The number of hydrogen-bond donors (Lipinski definition) is 1. The molecule has 1 aliphatic heterocycles. The summed E-state index contributed by atoms with van der Waals surface area (Å²) in [7, 11) is 2.35. The number of amides is 1. The van der Waals surface area contributed by atoms with Crippen molar-refractivity contribution in [2.24, 2.45) is 0 Å². The Morgan fingerprint density at radius 1 is 0.964 bits per heavy atom. The van der Waals surface area contributed by atoms with Gasteiger partial charge < -0.3 is 22.2 Å². The highest BCUT2D eigenvalue weighted by atomic mass is 35.5. The van der Waals surface area contributed by atoms with E-state index >= 15 is 0 Å². The van der Waals surface area contributed by atoms with E-state index in [9.17, 15) is 4.79 Å². The van der Waals surface area contributed by atoms with Gasteiger partial charge in [0.05, 0.1) is 20.1 Å². The van der Waals surface area contributed by atoms with E-state index in [1.165, 1.54) is 42.6 Å². The van der Waals surface area contributed by atoms with Crippen LogP contribution in [0, 0.1) is 0 Å². The Bertz CT molecular complexity index is 851. The van der Waals surface area contributed by atoms with Crippen LogP contribution in [0.15, 0.2) is 54.1 Å². The summed E-state index contributed by atoms with van der Waals surface area (Å²) in [6.45, 7) is 3.62. The first-order valence-corrected chi connectivity index (χ1v) is 10.1. The minimum absolute atomic E-state index is 0. The molecule has 0 saturated carbocycles. The Balaban J connectivity index is 0.00000225. The van der Waals surface area contributed by atoms with Gasteiger partial charge in [-0.25, -0.2) is 0 Å². The van der Waals surface area contributed by atoms with Gasteiger partial charge >= 0.3 is 0 Å². The Morgan fingerprint density at radius 3 is 2.43 bits per heavy atom. The number of halogens is 1. The predicted octanol–water partition coefficient (Wildman–Crippen LogP) is 1.79. The molecule has 2 aromatic carbocycles. The standard InChI is InChI=1S/C24H28N2O.ClH/c1-26(15-4-5-16-26)18-19-11-13-23(14-12-19)25-24(27)22-10-6-9-20-7-2-3-8-21(20)17-22;/h2-3,7-8,11-14,17H,4-6,9-10,15-16,18H2,1H3;1H. The molecule has 3 nitrogen and oxygen atoms in total. The third-order valence-electron chi connectivity index (χ3n) is 5.99. The van der Waals surface area contributed by atoms with Crippen molar-refractivity contribution in [3.05, 3.63) is 70.8 Å². The average Bonchev–Trinajstić information content (AvgIpc) is 2.97. The van der Waals surface area contributed by atoms with E-state index in [4.69, 9.17) is 0 Å². The van der Waals surface area contributed by atoms with E-state index in [1.54, 1.807) is 0 Å². The fraction of sp³-hybridized carbons (Fsp3) is 0.375. The van der Waals surface area contributed by atoms with E-state index in [0.717, 1.165) is 41.6 Å². The Labute approximate surface area is 174 Å². The van der Waals surface area contributed by atoms with Gasteiger partial charge in [-0.15, -0.1) is 0 Å². The number of nitrogens with one attached hydrogen (secondary N) is 1. The van der Waals surface area contributed by atoms with E-state index in [2.05, 4.69) is 48.8 Å². The Morgan fingerprint density at radius 2 is 1.68 bits per heavy atom. The van der Waals surface area contributed by atoms with Gasteiger partial charge in [-0.3, -0.25) is 4.79 Å². The van der Waals surface area contributed by atoms with Crippen molar-refractivity contribution in [3.63, 3.8) is 0 Å². The van der Waals surface area contributed by atoms with Crippen LogP contribution in [0.4, 0.5) is 5.69 Å². The minimum Gasteiger partial charge on any atom is -1.00 e. The number of aryl methyl sites for hydroxylation is 1. The lowest BCUT2D eigenvalue weighted by Gasteiger charge is -2.29. The second kappa shape index (κ2) is 8.93. The van der Waals surface area contributed by atoms with Gasteiger partial charge in [0.25, 0.3) is 5.91 Å². The van der Waals surface area contributed by atoms with Gasteiger partial charge in [0.15, 0.2) is 0 Å². The van der Waals surface area contributed by atoms with Crippen molar-refractivity contribution in [1.29, 1.82) is 0 Å². The van der Waals surface area contributed by atoms with E-state index in [-0.39, 0.29) is 18.3 Å². The van der Waals surface area contributed by atoms with Crippen molar-refractivity contribution < 1.29 is 21.7 Å². The first-order valence-electron chi connectivity index (χ1n) is 10.1. The van der Waals surface area contributed by atoms with Gasteiger partial charge in [0, 0.05) is 29.7 Å². The summed E-state index contributed by atoms with van der Waals surface area (Å²) in [4.78, 5) is 12.8. The molecule has 2 aromatic rings. The van der Waals surface area contributed by atoms with E-state index in [0.29, 0.717) is 0 Å². The van der Waals surface area contributed by atoms with E-state index < -0.39 is 0 Å². The van der Waals surface area contributed by atoms with Crippen LogP contribution < -0.4 is 17.7 Å². The van der Waals surface area contributed by atoms with Crippen LogP contribution >= 0.6 is 0 Å². The molecule has 0 atom stereocenters. The quantitative estimate of drug-likeness (QED) is 0.784. The van der Waals surface area contributed by atoms with Crippen LogP contribution in [0.2, 0.25) is 0 Å². The normalized spacial score (nSPS) is 17.7. The number of carbonyl (C=O) groups excluding carboxylic acids is 1. The van der Waals surface area contributed by atoms with Crippen molar-refractivity contribution in [3.8, 4) is 0 Å². The largest absolute Gasteiger partial charge is 1.00 e. The monoisotopic (exact) mass is 396 g/mol. The molecule has 4 rings (SSSR count). The molecule has 1 saturated heterocycles. The predicted molar refractivity (Wildman–Crippen MR) is 111 cm³/mol.